The zero-order valence-electron chi connectivity index (χ0n) is 35.0. The maximum absolute atomic E-state index is 13.8. The molecule has 62 heavy (non-hydrogen) atoms. The van der Waals surface area contributed by atoms with Gasteiger partial charge in [-0.25, -0.2) is 0 Å². The summed E-state index contributed by atoms with van der Waals surface area (Å²) in [6.07, 6.45) is -0.561. The van der Waals surface area contributed by atoms with Gasteiger partial charge in [0.05, 0.1) is 45.8 Å². The molecule has 2 aliphatic carbocycles. The number of nitrogens with one attached hydrogen (secondary N) is 2. The Morgan fingerprint density at radius 2 is 1.03 bits per heavy atom. The minimum Gasteiger partial charge on any atom is -0.483 e. The summed E-state index contributed by atoms with van der Waals surface area (Å²) in [5.41, 5.74) is 4.59. The quantitative estimate of drug-likeness (QED) is 0.172. The van der Waals surface area contributed by atoms with Crippen LogP contribution < -0.4 is 20.1 Å². The Balaban J connectivity index is 0.000000158. The lowest BCUT2D eigenvalue weighted by Gasteiger charge is -2.51. The monoisotopic (exact) mass is 838 g/mol. The van der Waals surface area contributed by atoms with E-state index in [9.17, 15) is 19.2 Å². The SMILES string of the molecule is C.COC1CC2(C)Nc3c(ccc4c3C(=O)c3ccc5cc(C)ccc5c3C4=O)OC2C(C)O1.COC1CC2(C)Nc3c(ccc4c3C(=O)c3ccccc3C4=O)OC2C(C)O1. The molecule has 0 radical (unpaired) electrons. The van der Waals surface area contributed by atoms with E-state index < -0.39 is 11.1 Å². The summed E-state index contributed by atoms with van der Waals surface area (Å²) in [7, 11) is 3.23. The zero-order valence-corrected chi connectivity index (χ0v) is 35.0. The number of methoxy groups -OCH3 is 2. The molecule has 2 N–H and O–H groups in total. The van der Waals surface area contributed by atoms with Crippen LogP contribution in [0.5, 0.6) is 11.5 Å². The van der Waals surface area contributed by atoms with Crippen LogP contribution in [-0.2, 0) is 18.9 Å². The number of aryl methyl sites for hydroxylation is 1. The molecule has 6 aliphatic rings. The summed E-state index contributed by atoms with van der Waals surface area (Å²) in [6, 6.07) is 23.5. The summed E-state index contributed by atoms with van der Waals surface area (Å²) < 4.78 is 35.3. The van der Waals surface area contributed by atoms with Crippen molar-refractivity contribution < 1.29 is 47.6 Å². The van der Waals surface area contributed by atoms with Gasteiger partial charge in [0, 0.05) is 60.4 Å². The van der Waals surface area contributed by atoms with Crippen LogP contribution in [0.15, 0.2) is 78.9 Å². The first-order chi connectivity index (χ1) is 29.2. The Kier molecular flexibility index (Phi) is 9.94. The van der Waals surface area contributed by atoms with Gasteiger partial charge in [-0.3, -0.25) is 19.2 Å². The average molecular weight is 839 g/mol. The molecule has 8 unspecified atom stereocenters. The molecular formula is C50H50N2O10. The lowest BCUT2D eigenvalue weighted by Crippen LogP contribution is -2.63. The number of rotatable bonds is 2. The topological polar surface area (TPSA) is 148 Å². The van der Waals surface area contributed by atoms with Crippen LogP contribution in [0.1, 0.15) is 117 Å². The Morgan fingerprint density at radius 3 is 1.56 bits per heavy atom. The van der Waals surface area contributed by atoms with Crippen molar-refractivity contribution in [1.82, 2.24) is 0 Å². The third kappa shape index (κ3) is 6.18. The second-order valence-corrected chi connectivity index (χ2v) is 17.4. The Bertz CT molecular complexity index is 2750. The minimum absolute atomic E-state index is 0. The molecule has 4 aliphatic heterocycles. The number of carbonyl (C=O) groups is 4. The average Bonchev–Trinajstić information content (AvgIpc) is 3.25. The standard InChI is InChI=1S/C27H25NO5.C22H21NO5.CH4/c1-13-5-7-16-15(11-13)6-8-17-21(16)24(29)18-9-10-19-23(22(18)25(17)30)28-27(3)12-20(31-4)32-14(2)26(27)33-19;1-11-21-22(2,10-16(26-3)27-11)23-18-15(28-21)9-8-14-17(18)20(25)13-7-5-4-6-12(13)19(14)24;/h5-11,14,20,26,28H,12H2,1-4H3;4-9,11,16,21,23H,10H2,1-3H3;1H4. The van der Waals surface area contributed by atoms with E-state index in [-0.39, 0.29) is 67.6 Å². The van der Waals surface area contributed by atoms with E-state index in [4.69, 9.17) is 28.4 Å². The fourth-order valence-electron chi connectivity index (χ4n) is 10.3. The summed E-state index contributed by atoms with van der Waals surface area (Å²) in [5.74, 6) is 0.513. The van der Waals surface area contributed by atoms with Gasteiger partial charge < -0.3 is 39.1 Å². The molecule has 12 heteroatoms. The van der Waals surface area contributed by atoms with E-state index in [2.05, 4.69) is 10.6 Å². The van der Waals surface area contributed by atoms with Crippen molar-refractivity contribution in [2.75, 3.05) is 24.9 Å². The van der Waals surface area contributed by atoms with E-state index in [1.165, 1.54) is 0 Å². The molecule has 5 aromatic carbocycles. The van der Waals surface area contributed by atoms with Gasteiger partial charge in [0.1, 0.15) is 23.7 Å². The predicted molar refractivity (Wildman–Crippen MR) is 233 cm³/mol. The van der Waals surface area contributed by atoms with Crippen molar-refractivity contribution in [3.05, 3.63) is 129 Å². The first-order valence-electron chi connectivity index (χ1n) is 20.6. The number of anilines is 2. The van der Waals surface area contributed by atoms with Crippen LogP contribution in [0.3, 0.4) is 0 Å². The smallest absolute Gasteiger partial charge is 0.196 e. The van der Waals surface area contributed by atoms with Gasteiger partial charge in [0.2, 0.25) is 0 Å². The summed E-state index contributed by atoms with van der Waals surface area (Å²) in [5, 5.41) is 8.85. The van der Waals surface area contributed by atoms with Crippen LogP contribution in [0, 0.1) is 6.92 Å². The van der Waals surface area contributed by atoms with Gasteiger partial charge in [-0.2, -0.15) is 0 Å². The highest BCUT2D eigenvalue weighted by Gasteiger charge is 2.53. The number of fused-ring (bicyclic) bond motifs is 12. The van der Waals surface area contributed by atoms with Crippen LogP contribution in [0.2, 0.25) is 0 Å². The van der Waals surface area contributed by atoms with Crippen molar-refractivity contribution in [3.63, 3.8) is 0 Å². The summed E-state index contributed by atoms with van der Waals surface area (Å²) >= 11 is 0. The van der Waals surface area contributed by atoms with E-state index in [0.717, 1.165) is 16.3 Å². The predicted octanol–water partition coefficient (Wildman–Crippen LogP) is 8.45. The highest BCUT2D eigenvalue weighted by Crippen LogP contribution is 2.49. The number of hydrogen-bond acceptors (Lipinski definition) is 12. The Labute approximate surface area is 360 Å². The van der Waals surface area contributed by atoms with E-state index >= 15 is 0 Å². The molecule has 4 heterocycles. The maximum atomic E-state index is 13.8. The highest BCUT2D eigenvalue weighted by atomic mass is 16.7. The van der Waals surface area contributed by atoms with Crippen LogP contribution in [-0.4, -0.2) is 85.4 Å². The van der Waals surface area contributed by atoms with E-state index in [1.807, 2.05) is 58.9 Å². The Hall–Kier alpha value is -5.92. The maximum Gasteiger partial charge on any atom is 0.196 e. The molecule has 8 atom stereocenters. The van der Waals surface area contributed by atoms with Gasteiger partial charge in [-0.15, -0.1) is 0 Å². The third-order valence-corrected chi connectivity index (χ3v) is 13.2. The molecule has 5 aromatic rings. The lowest BCUT2D eigenvalue weighted by atomic mass is 9.78. The minimum atomic E-state index is -0.523. The normalized spacial score (nSPS) is 28.4. The lowest BCUT2D eigenvalue weighted by molar-refractivity contribution is -0.220. The van der Waals surface area contributed by atoms with Crippen molar-refractivity contribution in [2.24, 2.45) is 0 Å². The number of carbonyl (C=O) groups excluding carboxylic acids is 4. The fraction of sp³-hybridized carbons (Fsp3) is 0.360. The van der Waals surface area contributed by atoms with Gasteiger partial charge in [-0.1, -0.05) is 61.5 Å². The van der Waals surface area contributed by atoms with Crippen molar-refractivity contribution in [1.29, 1.82) is 0 Å². The molecule has 0 bridgehead atoms. The zero-order chi connectivity index (χ0) is 42.7. The van der Waals surface area contributed by atoms with E-state index in [0.29, 0.717) is 80.2 Å². The molecule has 12 nitrogen and oxygen atoms in total. The van der Waals surface area contributed by atoms with Crippen LogP contribution in [0.25, 0.3) is 10.8 Å². The first kappa shape index (κ1) is 41.4. The van der Waals surface area contributed by atoms with E-state index in [1.54, 1.807) is 68.8 Å². The molecule has 11 rings (SSSR count). The third-order valence-electron chi connectivity index (χ3n) is 13.2. The molecule has 2 fully saturated rings. The molecule has 0 amide bonds. The van der Waals surface area contributed by atoms with Crippen LogP contribution in [0.4, 0.5) is 11.4 Å². The Morgan fingerprint density at radius 1 is 0.581 bits per heavy atom. The second kappa shape index (κ2) is 14.9. The summed E-state index contributed by atoms with van der Waals surface area (Å²) in [4.78, 5) is 53.7. The second-order valence-electron chi connectivity index (χ2n) is 17.4. The van der Waals surface area contributed by atoms with Crippen molar-refractivity contribution in [2.45, 2.75) is 103 Å². The van der Waals surface area contributed by atoms with Crippen molar-refractivity contribution in [3.8, 4) is 11.5 Å². The molecule has 0 aromatic heterocycles. The van der Waals surface area contributed by atoms with Gasteiger partial charge in [-0.05, 0) is 75.7 Å². The summed E-state index contributed by atoms with van der Waals surface area (Å²) in [6.45, 7) is 10.00. The largest absolute Gasteiger partial charge is 0.483 e. The fourth-order valence-corrected chi connectivity index (χ4v) is 10.3. The van der Waals surface area contributed by atoms with Crippen LogP contribution >= 0.6 is 0 Å². The first-order valence-corrected chi connectivity index (χ1v) is 20.6. The van der Waals surface area contributed by atoms with Gasteiger partial charge >= 0.3 is 0 Å². The molecule has 0 spiro atoms. The van der Waals surface area contributed by atoms with Crippen molar-refractivity contribution >= 4 is 45.3 Å². The molecule has 2 saturated heterocycles. The highest BCUT2D eigenvalue weighted by molar-refractivity contribution is 6.34. The van der Waals surface area contributed by atoms with Gasteiger partial charge in [0.15, 0.2) is 35.7 Å². The molecule has 0 saturated carbocycles. The number of hydrogen-bond donors (Lipinski definition) is 2. The number of ketones is 4. The number of benzene rings is 5. The number of ether oxygens (including phenoxy) is 6. The molecular weight excluding hydrogens is 789 g/mol. The van der Waals surface area contributed by atoms with Gasteiger partial charge in [0.25, 0.3) is 0 Å². The molecule has 320 valence electrons.